The van der Waals surface area contributed by atoms with E-state index in [1.54, 1.807) is 0 Å². The minimum Gasteiger partial charge on any atom is -0.393 e. The lowest BCUT2D eigenvalue weighted by atomic mass is 9.64. The van der Waals surface area contributed by atoms with Crippen LogP contribution >= 0.6 is 0 Å². The molecule has 22 heavy (non-hydrogen) atoms. The Morgan fingerprint density at radius 2 is 1.32 bits per heavy atom. The van der Waals surface area contributed by atoms with E-state index in [1.807, 2.05) is 0 Å². The van der Waals surface area contributed by atoms with E-state index in [1.165, 1.54) is 51.4 Å². The molecule has 0 heterocycles. The summed E-state index contributed by atoms with van der Waals surface area (Å²) in [5, 5.41) is 20.1. The van der Waals surface area contributed by atoms with Gasteiger partial charge in [-0.15, -0.1) is 0 Å². The van der Waals surface area contributed by atoms with Crippen LogP contribution in [0.25, 0.3) is 0 Å². The third-order valence-electron chi connectivity index (χ3n) is 6.68. The second kappa shape index (κ2) is 8.68. The standard InChI is InChI=1S/C20H38O2/c1-4-5-6-7-18(16-8-10-19(21)14(2)12-16)17-9-11-20(22)15(3)13-17/h14-22H,4-13H2,1-3H3. The highest BCUT2D eigenvalue weighted by atomic mass is 16.3. The van der Waals surface area contributed by atoms with Crippen LogP contribution in [0, 0.1) is 29.6 Å². The van der Waals surface area contributed by atoms with E-state index in [0.29, 0.717) is 11.8 Å². The number of hydrogen-bond acceptors (Lipinski definition) is 2. The normalized spacial score (nSPS) is 41.3. The highest BCUT2D eigenvalue weighted by Crippen LogP contribution is 2.44. The van der Waals surface area contributed by atoms with Crippen molar-refractivity contribution in [2.45, 2.75) is 97.2 Å². The Morgan fingerprint density at radius 1 is 0.818 bits per heavy atom. The molecule has 2 nitrogen and oxygen atoms in total. The summed E-state index contributed by atoms with van der Waals surface area (Å²) in [6, 6.07) is 0. The van der Waals surface area contributed by atoms with Crippen LogP contribution in [0.1, 0.15) is 85.0 Å². The van der Waals surface area contributed by atoms with Crippen molar-refractivity contribution in [3.63, 3.8) is 0 Å². The van der Waals surface area contributed by atoms with Crippen molar-refractivity contribution < 1.29 is 10.2 Å². The maximum absolute atomic E-state index is 10.0. The number of unbranched alkanes of at least 4 members (excludes halogenated alkanes) is 2. The van der Waals surface area contributed by atoms with E-state index in [9.17, 15) is 10.2 Å². The lowest BCUT2D eigenvalue weighted by Crippen LogP contribution is -2.37. The molecule has 0 aromatic heterocycles. The first kappa shape index (κ1) is 18.3. The van der Waals surface area contributed by atoms with E-state index < -0.39 is 0 Å². The summed E-state index contributed by atoms with van der Waals surface area (Å²) in [7, 11) is 0. The summed E-state index contributed by atoms with van der Waals surface area (Å²) in [6.45, 7) is 6.74. The first-order valence-electron chi connectivity index (χ1n) is 9.89. The van der Waals surface area contributed by atoms with Crippen molar-refractivity contribution in [2.24, 2.45) is 29.6 Å². The van der Waals surface area contributed by atoms with E-state index in [0.717, 1.165) is 30.6 Å². The Bertz CT molecular complexity index is 291. The Hall–Kier alpha value is -0.0800. The van der Waals surface area contributed by atoms with Gasteiger partial charge in [-0.25, -0.2) is 0 Å². The maximum atomic E-state index is 10.0. The smallest absolute Gasteiger partial charge is 0.0566 e. The number of aliphatic hydroxyl groups is 2. The first-order chi connectivity index (χ1) is 10.5. The molecule has 6 atom stereocenters. The summed E-state index contributed by atoms with van der Waals surface area (Å²) < 4.78 is 0. The lowest BCUT2D eigenvalue weighted by Gasteiger charge is -2.43. The zero-order valence-corrected chi connectivity index (χ0v) is 15.0. The quantitative estimate of drug-likeness (QED) is 0.693. The zero-order chi connectivity index (χ0) is 16.1. The maximum Gasteiger partial charge on any atom is 0.0566 e. The molecule has 6 unspecified atom stereocenters. The van der Waals surface area contributed by atoms with Gasteiger partial charge in [0.1, 0.15) is 0 Å². The van der Waals surface area contributed by atoms with Gasteiger partial charge in [-0.05, 0) is 74.5 Å². The van der Waals surface area contributed by atoms with Crippen molar-refractivity contribution >= 4 is 0 Å². The molecule has 0 aliphatic heterocycles. The fraction of sp³-hybridized carbons (Fsp3) is 1.00. The van der Waals surface area contributed by atoms with Gasteiger partial charge in [0.25, 0.3) is 0 Å². The zero-order valence-electron chi connectivity index (χ0n) is 15.0. The van der Waals surface area contributed by atoms with E-state index in [2.05, 4.69) is 20.8 Å². The molecule has 2 heteroatoms. The molecular weight excluding hydrogens is 272 g/mol. The van der Waals surface area contributed by atoms with Gasteiger partial charge in [0.2, 0.25) is 0 Å². The molecule has 0 amide bonds. The number of rotatable bonds is 6. The van der Waals surface area contributed by atoms with E-state index in [4.69, 9.17) is 0 Å². The van der Waals surface area contributed by atoms with Crippen molar-refractivity contribution in [1.29, 1.82) is 0 Å². The number of hydrogen-bond donors (Lipinski definition) is 2. The summed E-state index contributed by atoms with van der Waals surface area (Å²) in [5.41, 5.74) is 0. The molecule has 130 valence electrons. The Balaban J connectivity index is 1.99. The molecule has 2 aliphatic rings. The molecule has 0 aromatic rings. The predicted octanol–water partition coefficient (Wildman–Crippen LogP) is 4.78. The third kappa shape index (κ3) is 4.71. The topological polar surface area (TPSA) is 40.5 Å². The average molecular weight is 311 g/mol. The minimum atomic E-state index is -0.0698. The van der Waals surface area contributed by atoms with Crippen molar-refractivity contribution in [3.8, 4) is 0 Å². The van der Waals surface area contributed by atoms with Crippen LogP contribution in [0.4, 0.5) is 0 Å². The second-order valence-corrected chi connectivity index (χ2v) is 8.40. The van der Waals surface area contributed by atoms with Gasteiger partial charge in [0.05, 0.1) is 12.2 Å². The van der Waals surface area contributed by atoms with Gasteiger partial charge in [0.15, 0.2) is 0 Å². The lowest BCUT2D eigenvalue weighted by molar-refractivity contribution is -0.000711. The van der Waals surface area contributed by atoms with Gasteiger partial charge in [-0.2, -0.15) is 0 Å². The largest absolute Gasteiger partial charge is 0.393 e. The Kier molecular flexibility index (Phi) is 7.21. The second-order valence-electron chi connectivity index (χ2n) is 8.40. The highest BCUT2D eigenvalue weighted by Gasteiger charge is 2.37. The fourth-order valence-electron chi connectivity index (χ4n) is 5.11. The molecule has 0 aromatic carbocycles. The molecule has 2 saturated carbocycles. The molecule has 0 bridgehead atoms. The van der Waals surface area contributed by atoms with Crippen molar-refractivity contribution in [2.75, 3.05) is 0 Å². The molecule has 2 fully saturated rings. The third-order valence-corrected chi connectivity index (χ3v) is 6.68. The van der Waals surface area contributed by atoms with Crippen LogP contribution in [0.2, 0.25) is 0 Å². The molecular formula is C20H38O2. The summed E-state index contributed by atoms with van der Waals surface area (Å²) in [6.07, 6.45) is 12.1. The van der Waals surface area contributed by atoms with Crippen LogP contribution < -0.4 is 0 Å². The molecule has 2 aliphatic carbocycles. The monoisotopic (exact) mass is 310 g/mol. The van der Waals surface area contributed by atoms with Crippen LogP contribution in [0.3, 0.4) is 0 Å². The summed E-state index contributed by atoms with van der Waals surface area (Å²) in [5.74, 6) is 3.39. The molecule has 0 saturated heterocycles. The van der Waals surface area contributed by atoms with Gasteiger partial charge in [-0.1, -0.05) is 40.0 Å². The van der Waals surface area contributed by atoms with Gasteiger partial charge in [0, 0.05) is 0 Å². The average Bonchev–Trinajstić information content (AvgIpc) is 2.50. The summed E-state index contributed by atoms with van der Waals surface area (Å²) >= 11 is 0. The molecule has 2 N–H and O–H groups in total. The summed E-state index contributed by atoms with van der Waals surface area (Å²) in [4.78, 5) is 0. The van der Waals surface area contributed by atoms with Crippen LogP contribution in [0.15, 0.2) is 0 Å². The minimum absolute atomic E-state index is 0.0698. The van der Waals surface area contributed by atoms with Crippen LogP contribution in [-0.4, -0.2) is 22.4 Å². The van der Waals surface area contributed by atoms with Crippen molar-refractivity contribution in [1.82, 2.24) is 0 Å². The SMILES string of the molecule is CCCCCC(C1CCC(O)C(C)C1)C1CCC(O)C(C)C1. The Labute approximate surface area is 137 Å². The molecule has 0 spiro atoms. The van der Waals surface area contributed by atoms with Crippen LogP contribution in [0.5, 0.6) is 0 Å². The highest BCUT2D eigenvalue weighted by molar-refractivity contribution is 4.88. The van der Waals surface area contributed by atoms with E-state index in [-0.39, 0.29) is 12.2 Å². The fourth-order valence-corrected chi connectivity index (χ4v) is 5.11. The van der Waals surface area contributed by atoms with Gasteiger partial charge >= 0.3 is 0 Å². The van der Waals surface area contributed by atoms with Gasteiger partial charge in [-0.3, -0.25) is 0 Å². The van der Waals surface area contributed by atoms with Crippen molar-refractivity contribution in [3.05, 3.63) is 0 Å². The van der Waals surface area contributed by atoms with E-state index >= 15 is 0 Å². The molecule has 0 radical (unpaired) electrons. The van der Waals surface area contributed by atoms with Gasteiger partial charge < -0.3 is 10.2 Å². The predicted molar refractivity (Wildman–Crippen MR) is 92.7 cm³/mol. The molecule has 2 rings (SSSR count). The Morgan fingerprint density at radius 3 is 1.73 bits per heavy atom. The van der Waals surface area contributed by atoms with Crippen LogP contribution in [-0.2, 0) is 0 Å². The number of aliphatic hydroxyl groups excluding tert-OH is 2. The first-order valence-corrected chi connectivity index (χ1v) is 9.89.